The maximum absolute atomic E-state index is 17.6. The zero-order valence-corrected chi connectivity index (χ0v) is 32.9. The fraction of sp³-hybridized carbons (Fsp3) is 0.0196. The van der Waals surface area contributed by atoms with Crippen molar-refractivity contribution >= 4 is 105 Å². The molecule has 1 aliphatic rings. The average molecular weight is 781 g/mol. The van der Waals surface area contributed by atoms with E-state index in [4.69, 9.17) is 9.97 Å². The summed E-state index contributed by atoms with van der Waals surface area (Å²) in [5.41, 5.74) is 5.11. The van der Waals surface area contributed by atoms with Gasteiger partial charge in [-0.3, -0.25) is 9.30 Å². The summed E-state index contributed by atoms with van der Waals surface area (Å²) in [5.74, 6) is 0.791. The first kappa shape index (κ1) is 33.2. The first-order chi connectivity index (χ1) is 28.7. The van der Waals surface area contributed by atoms with E-state index in [1.807, 2.05) is 66.3 Å². The second-order valence-corrected chi connectivity index (χ2v) is 19.8. The van der Waals surface area contributed by atoms with Crippen LogP contribution in [0.4, 0.5) is 21.6 Å². The second kappa shape index (κ2) is 12.8. The molecule has 1 atom stereocenters. The van der Waals surface area contributed by atoms with Crippen LogP contribution >= 0.6 is 11.3 Å². The molecule has 7 aromatic carbocycles. The molecule has 7 heteroatoms. The summed E-state index contributed by atoms with van der Waals surface area (Å²) in [7, 11) is -3.11. The molecule has 0 amide bonds. The van der Waals surface area contributed by atoms with Crippen molar-refractivity contribution in [2.24, 2.45) is 0 Å². The van der Waals surface area contributed by atoms with E-state index in [-0.39, 0.29) is 0 Å². The summed E-state index contributed by atoms with van der Waals surface area (Å²) in [6, 6.07) is 62.1. The third kappa shape index (κ3) is 4.65. The number of benzene rings is 7. The minimum atomic E-state index is -3.11. The molecule has 274 valence electrons. The number of imidazole rings is 1. The first-order valence-corrected chi connectivity index (χ1v) is 22.3. The maximum atomic E-state index is 17.6. The minimum Gasteiger partial charge on any atom is -0.299 e. The molecule has 0 fully saturated rings. The van der Waals surface area contributed by atoms with Crippen molar-refractivity contribution in [1.29, 1.82) is 0 Å². The number of thiophene rings is 1. The summed E-state index contributed by atoms with van der Waals surface area (Å²) in [6.45, 7) is 0. The number of pyridine rings is 2. The molecule has 1 aliphatic heterocycles. The molecule has 4 aromatic heterocycles. The summed E-state index contributed by atoms with van der Waals surface area (Å²) >= 11 is 1.84. The average Bonchev–Trinajstić information content (AvgIpc) is 3.95. The highest BCUT2D eigenvalue weighted by atomic mass is 32.1. The molecule has 11 aromatic rings. The standard InChI is InChI=1S/C51H33FN4SSi/c52-49(33-22-24-37-38-17-7-9-19-41(38)55-30-29-54-51(55)40(37)31-33)34-23-27-46-43(32-34)56(47-21-11-12-28-53-47)42-25-26-45-48(39-18-8-10-20-44(39)57-45)50(42)58(46,35-13-3-1-4-14-35)36-15-5-2-6-16-36/h1-32,49H. The predicted octanol–water partition coefficient (Wildman–Crippen LogP) is 10.6. The monoisotopic (exact) mass is 780 g/mol. The van der Waals surface area contributed by atoms with Gasteiger partial charge in [-0.1, -0.05) is 127 Å². The number of nitrogens with zero attached hydrogens (tertiary/aromatic N) is 4. The van der Waals surface area contributed by atoms with Crippen LogP contribution in [0.3, 0.4) is 0 Å². The van der Waals surface area contributed by atoms with Crippen LogP contribution in [0, 0.1) is 0 Å². The molecule has 5 heterocycles. The normalized spacial score (nSPS) is 14.0. The summed E-state index contributed by atoms with van der Waals surface area (Å²) < 4.78 is 22.2. The van der Waals surface area contributed by atoms with Crippen molar-refractivity contribution in [2.75, 3.05) is 4.90 Å². The molecule has 0 saturated carbocycles. The zero-order chi connectivity index (χ0) is 38.4. The van der Waals surface area contributed by atoms with E-state index in [1.165, 1.54) is 40.9 Å². The third-order valence-electron chi connectivity index (χ3n) is 12.1. The van der Waals surface area contributed by atoms with E-state index in [0.29, 0.717) is 11.1 Å². The van der Waals surface area contributed by atoms with Crippen molar-refractivity contribution in [2.45, 2.75) is 6.17 Å². The quantitative estimate of drug-likeness (QED) is 0.129. The van der Waals surface area contributed by atoms with Crippen molar-refractivity contribution in [3.8, 4) is 0 Å². The highest BCUT2D eigenvalue weighted by Gasteiger charge is 2.50. The number of fused-ring (bicyclic) bond motifs is 12. The summed E-state index contributed by atoms with van der Waals surface area (Å²) in [6.07, 6.45) is 4.25. The zero-order valence-electron chi connectivity index (χ0n) is 31.1. The van der Waals surface area contributed by atoms with Gasteiger partial charge in [0.25, 0.3) is 0 Å². The Morgan fingerprint density at radius 1 is 0.534 bits per heavy atom. The van der Waals surface area contributed by atoms with E-state index in [0.717, 1.165) is 44.5 Å². The van der Waals surface area contributed by atoms with E-state index in [9.17, 15) is 0 Å². The van der Waals surface area contributed by atoms with Crippen LogP contribution in [0.2, 0.25) is 0 Å². The molecule has 12 rings (SSSR count). The van der Waals surface area contributed by atoms with E-state index in [1.54, 1.807) is 0 Å². The Morgan fingerprint density at radius 3 is 2.03 bits per heavy atom. The van der Waals surface area contributed by atoms with Crippen LogP contribution in [-0.4, -0.2) is 22.4 Å². The SMILES string of the molecule is FC(c1ccc2c(c1)N(c1ccccn1)c1ccc3sc4ccccc4c3c1[Si]2(c1ccccc1)c1ccccc1)c1ccc2c3ccccc3n3ccnc3c2c1. The summed E-state index contributed by atoms with van der Waals surface area (Å²) in [4.78, 5) is 12.0. The van der Waals surface area contributed by atoms with Crippen LogP contribution in [0.25, 0.3) is 47.5 Å². The number of rotatable bonds is 5. The number of hydrogen-bond donors (Lipinski definition) is 0. The van der Waals surface area contributed by atoms with Gasteiger partial charge in [-0.2, -0.15) is 0 Å². The van der Waals surface area contributed by atoms with Gasteiger partial charge < -0.3 is 0 Å². The van der Waals surface area contributed by atoms with Crippen molar-refractivity contribution in [1.82, 2.24) is 14.4 Å². The Morgan fingerprint density at radius 2 is 1.24 bits per heavy atom. The van der Waals surface area contributed by atoms with Gasteiger partial charge in [0, 0.05) is 60.9 Å². The molecule has 1 unspecified atom stereocenters. The Hall–Kier alpha value is -6.93. The lowest BCUT2D eigenvalue weighted by Gasteiger charge is -2.45. The van der Waals surface area contributed by atoms with Crippen LogP contribution < -0.4 is 25.6 Å². The van der Waals surface area contributed by atoms with Gasteiger partial charge in [-0.15, -0.1) is 11.3 Å². The van der Waals surface area contributed by atoms with Gasteiger partial charge >= 0.3 is 0 Å². The highest BCUT2D eigenvalue weighted by Crippen LogP contribution is 2.44. The van der Waals surface area contributed by atoms with Gasteiger partial charge in [-0.25, -0.2) is 14.4 Å². The number of anilines is 3. The Kier molecular flexibility index (Phi) is 7.33. The fourth-order valence-electron chi connectivity index (χ4n) is 9.66. The molecule has 0 N–H and O–H groups in total. The predicted molar refractivity (Wildman–Crippen MR) is 242 cm³/mol. The molecular formula is C51H33FN4SSi. The molecular weight excluding hydrogens is 748 g/mol. The molecule has 58 heavy (non-hydrogen) atoms. The smallest absolute Gasteiger partial charge is 0.184 e. The largest absolute Gasteiger partial charge is 0.299 e. The lowest BCUT2D eigenvalue weighted by molar-refractivity contribution is 0.402. The summed E-state index contributed by atoms with van der Waals surface area (Å²) in [5, 5.41) is 10.7. The molecule has 4 nitrogen and oxygen atoms in total. The van der Waals surface area contributed by atoms with Gasteiger partial charge in [-0.05, 0) is 85.8 Å². The lowest BCUT2D eigenvalue weighted by Crippen LogP contribution is -2.77. The van der Waals surface area contributed by atoms with Gasteiger partial charge in [0.05, 0.1) is 5.52 Å². The van der Waals surface area contributed by atoms with Crippen molar-refractivity contribution in [3.05, 3.63) is 206 Å². The Bertz CT molecular complexity index is 3340. The number of halogens is 1. The molecule has 0 saturated heterocycles. The van der Waals surface area contributed by atoms with E-state index < -0.39 is 14.2 Å². The van der Waals surface area contributed by atoms with Crippen LogP contribution in [0.15, 0.2) is 195 Å². The number of hydrogen-bond acceptors (Lipinski definition) is 4. The van der Waals surface area contributed by atoms with Crippen molar-refractivity contribution < 1.29 is 4.39 Å². The van der Waals surface area contributed by atoms with Gasteiger partial charge in [0.15, 0.2) is 14.2 Å². The van der Waals surface area contributed by atoms with Gasteiger partial charge in [0.1, 0.15) is 11.5 Å². The number of alkyl halides is 1. The van der Waals surface area contributed by atoms with Crippen LogP contribution in [0.5, 0.6) is 0 Å². The van der Waals surface area contributed by atoms with Crippen LogP contribution in [0.1, 0.15) is 17.3 Å². The van der Waals surface area contributed by atoms with Gasteiger partial charge in [0.2, 0.25) is 0 Å². The second-order valence-electron chi connectivity index (χ2n) is 15.0. The number of aromatic nitrogens is 3. The van der Waals surface area contributed by atoms with E-state index >= 15 is 4.39 Å². The van der Waals surface area contributed by atoms with Crippen molar-refractivity contribution in [3.63, 3.8) is 0 Å². The fourth-order valence-corrected chi connectivity index (χ4v) is 16.2. The maximum Gasteiger partial charge on any atom is 0.184 e. The third-order valence-corrected chi connectivity index (χ3v) is 18.1. The van der Waals surface area contributed by atoms with Crippen LogP contribution in [-0.2, 0) is 0 Å². The molecule has 0 aliphatic carbocycles. The molecule has 0 spiro atoms. The Balaban J connectivity index is 1.16. The van der Waals surface area contributed by atoms with E-state index in [2.05, 4.69) is 149 Å². The Labute approximate surface area is 338 Å². The first-order valence-electron chi connectivity index (χ1n) is 19.5. The molecule has 0 radical (unpaired) electrons. The highest BCUT2D eigenvalue weighted by molar-refractivity contribution is 7.28. The minimum absolute atomic E-state index is 0.591. The molecule has 0 bridgehead atoms. The topological polar surface area (TPSA) is 33.4 Å². The number of para-hydroxylation sites is 1. The lowest BCUT2D eigenvalue weighted by atomic mass is 9.97.